The Hall–Kier alpha value is -2.40. The summed E-state index contributed by atoms with van der Waals surface area (Å²) in [5.41, 5.74) is 0.434. The van der Waals surface area contributed by atoms with Crippen LogP contribution in [0.1, 0.15) is 5.76 Å². The SMILES string of the molecule is COc1cc(Cl)c(NC(=O)/C=C/c2ccco2)cc1OC. The smallest absolute Gasteiger partial charge is 0.248 e. The van der Waals surface area contributed by atoms with Gasteiger partial charge in [0.1, 0.15) is 5.76 Å². The number of rotatable bonds is 5. The lowest BCUT2D eigenvalue weighted by atomic mass is 10.2. The molecular formula is C15H14ClNO4. The number of carbonyl (C=O) groups excluding carboxylic acids is 1. The quantitative estimate of drug-likeness (QED) is 0.857. The highest BCUT2D eigenvalue weighted by Crippen LogP contribution is 2.35. The number of anilines is 1. The van der Waals surface area contributed by atoms with Crippen LogP contribution in [0.2, 0.25) is 5.02 Å². The number of benzene rings is 1. The summed E-state index contributed by atoms with van der Waals surface area (Å²) in [6, 6.07) is 6.65. The summed E-state index contributed by atoms with van der Waals surface area (Å²) in [6.07, 6.45) is 4.44. The van der Waals surface area contributed by atoms with Gasteiger partial charge in [0.05, 0.1) is 31.2 Å². The third-order valence-electron chi connectivity index (χ3n) is 2.67. The fourth-order valence-corrected chi connectivity index (χ4v) is 1.87. The minimum atomic E-state index is -0.333. The molecule has 1 aromatic heterocycles. The summed E-state index contributed by atoms with van der Waals surface area (Å²) < 4.78 is 15.4. The molecule has 1 heterocycles. The van der Waals surface area contributed by atoms with Crippen molar-refractivity contribution in [3.8, 4) is 11.5 Å². The van der Waals surface area contributed by atoms with Crippen molar-refractivity contribution in [1.82, 2.24) is 0 Å². The fourth-order valence-electron chi connectivity index (χ4n) is 1.67. The van der Waals surface area contributed by atoms with Crippen molar-refractivity contribution in [1.29, 1.82) is 0 Å². The third-order valence-corrected chi connectivity index (χ3v) is 2.99. The van der Waals surface area contributed by atoms with Crippen LogP contribution in [0.4, 0.5) is 5.69 Å². The van der Waals surface area contributed by atoms with Crippen LogP contribution in [-0.4, -0.2) is 20.1 Å². The Kier molecular flexibility index (Phi) is 4.90. The molecule has 21 heavy (non-hydrogen) atoms. The van der Waals surface area contributed by atoms with Gasteiger partial charge in [-0.25, -0.2) is 0 Å². The standard InChI is InChI=1S/C15H14ClNO4/c1-19-13-8-11(16)12(9-14(13)20-2)17-15(18)6-5-10-4-3-7-21-10/h3-9H,1-2H3,(H,17,18)/b6-5+. The summed E-state index contributed by atoms with van der Waals surface area (Å²) in [4.78, 5) is 11.8. The molecule has 110 valence electrons. The van der Waals surface area contributed by atoms with Gasteiger partial charge < -0.3 is 19.2 Å². The van der Waals surface area contributed by atoms with E-state index in [1.165, 1.54) is 26.6 Å². The molecule has 6 heteroatoms. The lowest BCUT2D eigenvalue weighted by Gasteiger charge is -2.11. The van der Waals surface area contributed by atoms with E-state index in [0.29, 0.717) is 28.0 Å². The average Bonchev–Trinajstić information content (AvgIpc) is 3.00. The van der Waals surface area contributed by atoms with E-state index in [1.807, 2.05) is 0 Å². The highest BCUT2D eigenvalue weighted by molar-refractivity contribution is 6.34. The zero-order chi connectivity index (χ0) is 15.2. The fraction of sp³-hybridized carbons (Fsp3) is 0.133. The number of carbonyl (C=O) groups is 1. The van der Waals surface area contributed by atoms with E-state index in [9.17, 15) is 4.79 Å². The lowest BCUT2D eigenvalue weighted by Crippen LogP contribution is -2.08. The zero-order valence-corrected chi connectivity index (χ0v) is 12.3. The molecule has 0 bridgehead atoms. The average molecular weight is 308 g/mol. The Balaban J connectivity index is 2.13. The van der Waals surface area contributed by atoms with Crippen LogP contribution < -0.4 is 14.8 Å². The highest BCUT2D eigenvalue weighted by Gasteiger charge is 2.11. The molecule has 0 saturated heterocycles. The predicted octanol–water partition coefficient (Wildman–Crippen LogP) is 3.60. The Morgan fingerprint density at radius 3 is 2.62 bits per heavy atom. The number of hydrogen-bond donors (Lipinski definition) is 1. The number of hydrogen-bond acceptors (Lipinski definition) is 4. The van der Waals surface area contributed by atoms with Gasteiger partial charge in [-0.3, -0.25) is 4.79 Å². The summed E-state index contributed by atoms with van der Waals surface area (Å²) in [5.74, 6) is 1.22. The number of ether oxygens (including phenoxy) is 2. The van der Waals surface area contributed by atoms with Crippen LogP contribution >= 0.6 is 11.6 Å². The molecule has 0 aliphatic carbocycles. The van der Waals surface area contributed by atoms with Crippen molar-refractivity contribution in [2.75, 3.05) is 19.5 Å². The minimum absolute atomic E-state index is 0.333. The summed E-state index contributed by atoms with van der Waals surface area (Å²) >= 11 is 6.09. The zero-order valence-electron chi connectivity index (χ0n) is 11.6. The number of nitrogens with one attached hydrogen (secondary N) is 1. The molecule has 0 saturated carbocycles. The summed E-state index contributed by atoms with van der Waals surface area (Å²) in [5, 5.41) is 3.02. The van der Waals surface area contributed by atoms with Gasteiger partial charge in [0.15, 0.2) is 11.5 Å². The van der Waals surface area contributed by atoms with Crippen molar-refractivity contribution < 1.29 is 18.7 Å². The number of methoxy groups -OCH3 is 2. The molecule has 1 aromatic carbocycles. The van der Waals surface area contributed by atoms with Gasteiger partial charge in [0, 0.05) is 18.2 Å². The maximum Gasteiger partial charge on any atom is 0.248 e. The van der Waals surface area contributed by atoms with Gasteiger partial charge in [-0.2, -0.15) is 0 Å². The molecule has 0 aliphatic rings. The Morgan fingerprint density at radius 2 is 2.00 bits per heavy atom. The molecule has 0 fully saturated rings. The molecule has 2 aromatic rings. The van der Waals surface area contributed by atoms with Crippen molar-refractivity contribution in [2.24, 2.45) is 0 Å². The number of halogens is 1. The Labute approximate surface area is 127 Å². The van der Waals surface area contributed by atoms with Gasteiger partial charge in [0.25, 0.3) is 0 Å². The summed E-state index contributed by atoms with van der Waals surface area (Å²) in [6.45, 7) is 0. The molecule has 5 nitrogen and oxygen atoms in total. The van der Waals surface area contributed by atoms with Gasteiger partial charge in [-0.05, 0) is 18.2 Å². The largest absolute Gasteiger partial charge is 0.493 e. The van der Waals surface area contributed by atoms with Gasteiger partial charge in [-0.15, -0.1) is 0 Å². The van der Waals surface area contributed by atoms with E-state index in [2.05, 4.69) is 5.32 Å². The topological polar surface area (TPSA) is 60.7 Å². The van der Waals surface area contributed by atoms with Crippen LogP contribution in [0.15, 0.2) is 41.0 Å². The van der Waals surface area contributed by atoms with Crippen molar-refractivity contribution in [2.45, 2.75) is 0 Å². The van der Waals surface area contributed by atoms with Gasteiger partial charge in [-0.1, -0.05) is 11.6 Å². The van der Waals surface area contributed by atoms with E-state index in [-0.39, 0.29) is 5.91 Å². The van der Waals surface area contributed by atoms with E-state index < -0.39 is 0 Å². The second-order valence-electron chi connectivity index (χ2n) is 4.03. The molecule has 0 aliphatic heterocycles. The van der Waals surface area contributed by atoms with Crippen LogP contribution in [0.5, 0.6) is 11.5 Å². The third kappa shape index (κ3) is 3.79. The van der Waals surface area contributed by atoms with E-state index in [0.717, 1.165) is 0 Å². The normalized spacial score (nSPS) is 10.6. The first-order chi connectivity index (χ1) is 10.1. The highest BCUT2D eigenvalue weighted by atomic mass is 35.5. The maximum atomic E-state index is 11.8. The van der Waals surface area contributed by atoms with Gasteiger partial charge >= 0.3 is 0 Å². The number of amides is 1. The predicted molar refractivity (Wildman–Crippen MR) is 80.9 cm³/mol. The van der Waals surface area contributed by atoms with Crippen LogP contribution in [0.25, 0.3) is 6.08 Å². The first-order valence-corrected chi connectivity index (χ1v) is 6.46. The molecule has 0 unspecified atom stereocenters. The second-order valence-corrected chi connectivity index (χ2v) is 4.43. The van der Waals surface area contributed by atoms with Gasteiger partial charge in [0.2, 0.25) is 5.91 Å². The second kappa shape index (κ2) is 6.85. The van der Waals surface area contributed by atoms with E-state index in [1.54, 1.807) is 30.3 Å². The molecule has 0 radical (unpaired) electrons. The summed E-state index contributed by atoms with van der Waals surface area (Å²) in [7, 11) is 3.02. The van der Waals surface area contributed by atoms with E-state index in [4.69, 9.17) is 25.5 Å². The minimum Gasteiger partial charge on any atom is -0.493 e. The lowest BCUT2D eigenvalue weighted by molar-refractivity contribution is -0.111. The Morgan fingerprint density at radius 1 is 1.29 bits per heavy atom. The van der Waals surface area contributed by atoms with Crippen LogP contribution in [0, 0.1) is 0 Å². The first-order valence-electron chi connectivity index (χ1n) is 6.08. The molecule has 2 rings (SSSR count). The number of furan rings is 1. The molecule has 1 amide bonds. The molecular weight excluding hydrogens is 294 g/mol. The van der Waals surface area contributed by atoms with Crippen LogP contribution in [0.3, 0.4) is 0 Å². The molecule has 0 atom stereocenters. The maximum absolute atomic E-state index is 11.8. The van der Waals surface area contributed by atoms with Crippen molar-refractivity contribution >= 4 is 29.3 Å². The van der Waals surface area contributed by atoms with Crippen LogP contribution in [-0.2, 0) is 4.79 Å². The van der Waals surface area contributed by atoms with E-state index >= 15 is 0 Å². The molecule has 1 N–H and O–H groups in total. The van der Waals surface area contributed by atoms with Crippen molar-refractivity contribution in [3.05, 3.63) is 47.4 Å². The monoisotopic (exact) mass is 307 g/mol. The molecule has 0 spiro atoms. The van der Waals surface area contributed by atoms with Crippen molar-refractivity contribution in [3.63, 3.8) is 0 Å². The Bertz CT molecular complexity index is 650. The first kappa shape index (κ1) is 15.0.